The molecule has 0 amide bonds. The molecule has 0 radical (unpaired) electrons. The number of nitrogens with zero attached hydrogens (tertiary/aromatic N) is 1. The summed E-state index contributed by atoms with van der Waals surface area (Å²) in [4.78, 5) is 2.24. The Bertz CT molecular complexity index is 273. The first kappa shape index (κ1) is 10.7. The Hall–Kier alpha value is -1.37. The van der Waals surface area contributed by atoms with E-state index in [-0.39, 0.29) is 0 Å². The van der Waals surface area contributed by atoms with E-state index < -0.39 is 0 Å². The normalized spacial score (nSPS) is 9.57. The summed E-state index contributed by atoms with van der Waals surface area (Å²) in [7, 11) is 0. The molecule has 1 aromatic rings. The van der Waals surface area contributed by atoms with Crippen molar-refractivity contribution in [3.05, 3.63) is 54.6 Å². The Balaban J connectivity index is 2.57. The van der Waals surface area contributed by atoms with Crippen molar-refractivity contribution in [3.63, 3.8) is 0 Å². The van der Waals surface area contributed by atoms with Crippen LogP contribution >= 0.6 is 0 Å². The summed E-state index contributed by atoms with van der Waals surface area (Å²) < 4.78 is 0. The summed E-state index contributed by atoms with van der Waals surface area (Å²) in [6.07, 6.45) is 2.12. The molecule has 14 heavy (non-hydrogen) atoms. The number of benzene rings is 1. The van der Waals surface area contributed by atoms with Gasteiger partial charge in [-0.25, -0.2) is 0 Å². The molecule has 0 aliphatic carbocycles. The standard InChI is InChI=1S/C13H18N/c1-4-14(5-2)12(3)11-13-9-7-6-8-10-13/h6-11H,3-5H2,1-2H3/q-1. The van der Waals surface area contributed by atoms with Gasteiger partial charge in [0.05, 0.1) is 0 Å². The lowest BCUT2D eigenvalue weighted by Gasteiger charge is -2.27. The second-order valence-electron chi connectivity index (χ2n) is 3.22. The lowest BCUT2D eigenvalue weighted by atomic mass is 10.1. The lowest BCUT2D eigenvalue weighted by molar-refractivity contribution is 0.391. The molecule has 1 rings (SSSR count). The number of allylic oxidation sites excluding steroid dienone is 1. The molecule has 0 N–H and O–H groups in total. The largest absolute Gasteiger partial charge is 0.389 e. The maximum absolute atomic E-state index is 4.06. The van der Waals surface area contributed by atoms with Gasteiger partial charge in [0.25, 0.3) is 0 Å². The Morgan fingerprint density at radius 1 is 1.21 bits per heavy atom. The van der Waals surface area contributed by atoms with Crippen LogP contribution in [-0.4, -0.2) is 18.0 Å². The van der Waals surface area contributed by atoms with Crippen LogP contribution in [0, 0.1) is 6.42 Å². The minimum atomic E-state index is 1.01. The Morgan fingerprint density at radius 2 is 1.79 bits per heavy atom. The van der Waals surface area contributed by atoms with Crippen LogP contribution in [0.2, 0.25) is 0 Å². The molecule has 76 valence electrons. The van der Waals surface area contributed by atoms with E-state index in [0.29, 0.717) is 0 Å². The highest BCUT2D eigenvalue weighted by molar-refractivity contribution is 5.31. The van der Waals surface area contributed by atoms with Crippen LogP contribution in [0.15, 0.2) is 42.6 Å². The van der Waals surface area contributed by atoms with Crippen LogP contribution in [-0.2, 0) is 0 Å². The van der Waals surface area contributed by atoms with Gasteiger partial charge in [-0.15, -0.1) is 42.8 Å². The number of hydrogen-bond acceptors (Lipinski definition) is 1. The van der Waals surface area contributed by atoms with Gasteiger partial charge in [-0.3, -0.25) is 0 Å². The molecule has 0 aliphatic heterocycles. The van der Waals surface area contributed by atoms with E-state index in [1.165, 1.54) is 5.56 Å². The SMILES string of the molecule is C=C([CH-]c1ccccc1)N(CC)CC. The molecule has 0 saturated heterocycles. The molecule has 0 unspecified atom stereocenters. The predicted molar refractivity (Wildman–Crippen MR) is 61.9 cm³/mol. The van der Waals surface area contributed by atoms with Gasteiger partial charge in [-0.05, 0) is 13.8 Å². The first-order valence-electron chi connectivity index (χ1n) is 5.11. The quantitative estimate of drug-likeness (QED) is 0.642. The van der Waals surface area contributed by atoms with Gasteiger partial charge in [0.15, 0.2) is 0 Å². The van der Waals surface area contributed by atoms with Crippen molar-refractivity contribution < 1.29 is 0 Å². The van der Waals surface area contributed by atoms with Crippen molar-refractivity contribution in [1.29, 1.82) is 0 Å². The molecule has 1 nitrogen and oxygen atoms in total. The summed E-state index contributed by atoms with van der Waals surface area (Å²) in [6, 6.07) is 10.3. The maximum Gasteiger partial charge on any atom is 0.0133 e. The first-order chi connectivity index (χ1) is 6.77. The molecule has 0 fully saturated rings. The second-order valence-corrected chi connectivity index (χ2v) is 3.22. The molecular formula is C13H18N-. The van der Waals surface area contributed by atoms with Crippen molar-refractivity contribution in [1.82, 2.24) is 4.90 Å². The third-order valence-electron chi connectivity index (χ3n) is 2.30. The van der Waals surface area contributed by atoms with E-state index in [4.69, 9.17) is 0 Å². The van der Waals surface area contributed by atoms with Crippen molar-refractivity contribution in [2.24, 2.45) is 0 Å². The molecule has 1 aromatic carbocycles. The van der Waals surface area contributed by atoms with Crippen molar-refractivity contribution >= 4 is 0 Å². The van der Waals surface area contributed by atoms with Crippen molar-refractivity contribution in [3.8, 4) is 0 Å². The zero-order valence-electron chi connectivity index (χ0n) is 9.03. The first-order valence-corrected chi connectivity index (χ1v) is 5.11. The van der Waals surface area contributed by atoms with Gasteiger partial charge in [0.2, 0.25) is 0 Å². The van der Waals surface area contributed by atoms with E-state index in [1.54, 1.807) is 0 Å². The highest BCUT2D eigenvalue weighted by atomic mass is 15.1. The average Bonchev–Trinajstić information content (AvgIpc) is 2.21. The third kappa shape index (κ3) is 2.84. The fourth-order valence-corrected chi connectivity index (χ4v) is 1.46. The molecule has 0 bridgehead atoms. The van der Waals surface area contributed by atoms with Crippen LogP contribution in [0.3, 0.4) is 0 Å². The lowest BCUT2D eigenvalue weighted by Crippen LogP contribution is -2.21. The summed E-state index contributed by atoms with van der Waals surface area (Å²) in [5, 5.41) is 0. The summed E-state index contributed by atoms with van der Waals surface area (Å²) in [6.45, 7) is 10.4. The van der Waals surface area contributed by atoms with Gasteiger partial charge in [-0.1, -0.05) is 11.8 Å². The number of likely N-dealkylation sites (N-methyl/N-ethyl adjacent to an activating group) is 1. The molecule has 0 spiro atoms. The molecule has 0 atom stereocenters. The van der Waals surface area contributed by atoms with Gasteiger partial charge >= 0.3 is 0 Å². The van der Waals surface area contributed by atoms with E-state index in [2.05, 4.69) is 43.9 Å². The van der Waals surface area contributed by atoms with Crippen LogP contribution in [0.5, 0.6) is 0 Å². The topological polar surface area (TPSA) is 3.24 Å². The van der Waals surface area contributed by atoms with Gasteiger partial charge < -0.3 is 4.90 Å². The smallest absolute Gasteiger partial charge is 0.0133 e. The minimum Gasteiger partial charge on any atom is -0.389 e. The van der Waals surface area contributed by atoms with Crippen LogP contribution in [0.1, 0.15) is 19.4 Å². The fourth-order valence-electron chi connectivity index (χ4n) is 1.46. The van der Waals surface area contributed by atoms with E-state index >= 15 is 0 Å². The summed E-state index contributed by atoms with van der Waals surface area (Å²) in [5.74, 6) is 0. The predicted octanol–water partition coefficient (Wildman–Crippen LogP) is 3.09. The average molecular weight is 188 g/mol. The molecule has 0 aromatic heterocycles. The highest BCUT2D eigenvalue weighted by Crippen LogP contribution is 2.12. The molecule has 0 aliphatic rings. The van der Waals surface area contributed by atoms with Crippen molar-refractivity contribution in [2.45, 2.75) is 13.8 Å². The number of rotatable bonds is 5. The summed E-state index contributed by atoms with van der Waals surface area (Å²) in [5.41, 5.74) is 2.30. The molecule has 0 heterocycles. The highest BCUT2D eigenvalue weighted by Gasteiger charge is 1.97. The van der Waals surface area contributed by atoms with E-state index in [1.807, 2.05) is 18.2 Å². The van der Waals surface area contributed by atoms with Gasteiger partial charge in [-0.2, -0.15) is 0 Å². The molecular weight excluding hydrogens is 170 g/mol. The van der Waals surface area contributed by atoms with Gasteiger partial charge in [0.1, 0.15) is 0 Å². The molecule has 1 heteroatoms. The van der Waals surface area contributed by atoms with E-state index in [0.717, 1.165) is 18.8 Å². The summed E-state index contributed by atoms with van der Waals surface area (Å²) >= 11 is 0. The van der Waals surface area contributed by atoms with Crippen LogP contribution in [0.25, 0.3) is 0 Å². The maximum atomic E-state index is 4.06. The monoisotopic (exact) mass is 188 g/mol. The van der Waals surface area contributed by atoms with Crippen molar-refractivity contribution in [2.75, 3.05) is 13.1 Å². The third-order valence-corrected chi connectivity index (χ3v) is 2.30. The Morgan fingerprint density at radius 3 is 2.29 bits per heavy atom. The van der Waals surface area contributed by atoms with Gasteiger partial charge in [0, 0.05) is 13.1 Å². The number of hydrogen-bond donors (Lipinski definition) is 0. The van der Waals surface area contributed by atoms with Crippen LogP contribution < -0.4 is 0 Å². The minimum absolute atomic E-state index is 1.01. The second kappa shape index (κ2) is 5.38. The Kier molecular flexibility index (Phi) is 4.11. The fraction of sp³-hybridized carbons (Fsp3) is 0.308. The van der Waals surface area contributed by atoms with Crippen LogP contribution in [0.4, 0.5) is 0 Å². The molecule has 0 saturated carbocycles. The van der Waals surface area contributed by atoms with E-state index in [9.17, 15) is 0 Å². The zero-order valence-corrected chi connectivity index (χ0v) is 9.03. The Labute approximate surface area is 87.1 Å². The zero-order chi connectivity index (χ0) is 10.4.